The van der Waals surface area contributed by atoms with E-state index in [0.717, 1.165) is 18.2 Å². The fraction of sp³-hybridized carbons (Fsp3) is 0. The van der Waals surface area contributed by atoms with Crippen LogP contribution < -0.4 is 5.14 Å². The molecule has 0 fully saturated rings. The Hall–Kier alpha value is -1.69. The van der Waals surface area contributed by atoms with Crippen molar-refractivity contribution in [3.63, 3.8) is 0 Å². The van der Waals surface area contributed by atoms with Crippen LogP contribution in [-0.4, -0.2) is 16.8 Å². The van der Waals surface area contributed by atoms with Crippen LogP contribution in [0.3, 0.4) is 0 Å². The van der Waals surface area contributed by atoms with Crippen LogP contribution in [0.1, 0.15) is 0 Å². The number of nitrogens with two attached hydrogens (primary N) is 1. The highest BCUT2D eigenvalue weighted by atomic mass is 35.7. The van der Waals surface area contributed by atoms with Gasteiger partial charge in [0.05, 0.1) is 4.90 Å². The number of hydrogen-bond acceptors (Lipinski definition) is 4. The quantitative estimate of drug-likeness (QED) is 0.613. The van der Waals surface area contributed by atoms with Gasteiger partial charge < -0.3 is 0 Å². The molecule has 132 valence electrons. The highest BCUT2D eigenvalue weighted by Gasteiger charge is 2.16. The standard InChI is InChI=1S/C6H3ClF2O2S.C6H5F2NO2S/c7-12(10,11)6-2-4(8)1-5(9)3-6;7-4-2-1-3-5(6(4)8)12(9,10)11/h1-3H;1-3H,(H2,9,10,11). The van der Waals surface area contributed by atoms with Crippen LogP contribution in [-0.2, 0) is 19.1 Å². The second-order valence-corrected chi connectivity index (χ2v) is 8.24. The highest BCUT2D eigenvalue weighted by molar-refractivity contribution is 8.13. The topological polar surface area (TPSA) is 94.3 Å². The molecule has 2 aromatic carbocycles. The van der Waals surface area contributed by atoms with Crippen LogP contribution >= 0.6 is 10.7 Å². The lowest BCUT2D eigenvalue weighted by Crippen LogP contribution is -2.14. The summed E-state index contributed by atoms with van der Waals surface area (Å²) in [6, 6.07) is 4.62. The van der Waals surface area contributed by atoms with Crippen molar-refractivity contribution >= 4 is 29.8 Å². The molecule has 2 aromatic rings. The van der Waals surface area contributed by atoms with Gasteiger partial charge in [-0.3, -0.25) is 0 Å². The van der Waals surface area contributed by atoms with E-state index in [-0.39, 0.29) is 0 Å². The lowest BCUT2D eigenvalue weighted by atomic mass is 10.3. The van der Waals surface area contributed by atoms with Gasteiger partial charge in [0.1, 0.15) is 16.5 Å². The first kappa shape index (κ1) is 20.4. The van der Waals surface area contributed by atoms with E-state index in [4.69, 9.17) is 10.7 Å². The average molecular weight is 406 g/mol. The Kier molecular flexibility index (Phi) is 6.33. The average Bonchev–Trinajstić information content (AvgIpc) is 2.39. The molecule has 0 amide bonds. The van der Waals surface area contributed by atoms with E-state index >= 15 is 0 Å². The minimum Gasteiger partial charge on any atom is -0.225 e. The highest BCUT2D eigenvalue weighted by Crippen LogP contribution is 2.17. The molecule has 12 heteroatoms. The van der Waals surface area contributed by atoms with Gasteiger partial charge in [-0.25, -0.2) is 39.5 Å². The van der Waals surface area contributed by atoms with Crippen LogP contribution in [0.5, 0.6) is 0 Å². The second-order valence-electron chi connectivity index (χ2n) is 4.14. The number of rotatable bonds is 2. The third-order valence-electron chi connectivity index (χ3n) is 2.34. The first-order chi connectivity index (χ1) is 10.8. The predicted molar refractivity (Wildman–Crippen MR) is 77.1 cm³/mol. The minimum absolute atomic E-state index is 0.561. The summed E-state index contributed by atoms with van der Waals surface area (Å²) in [6.45, 7) is 0. The van der Waals surface area contributed by atoms with E-state index in [1.807, 2.05) is 0 Å². The van der Waals surface area contributed by atoms with Crippen molar-refractivity contribution in [1.29, 1.82) is 0 Å². The zero-order chi connectivity index (χ0) is 18.7. The summed E-state index contributed by atoms with van der Waals surface area (Å²) in [5.74, 6) is -4.63. The van der Waals surface area contributed by atoms with E-state index in [0.29, 0.717) is 18.2 Å². The maximum Gasteiger partial charge on any atom is 0.261 e. The van der Waals surface area contributed by atoms with Crippen LogP contribution in [0.15, 0.2) is 46.2 Å². The zero-order valence-electron chi connectivity index (χ0n) is 11.4. The van der Waals surface area contributed by atoms with Gasteiger partial charge in [0.15, 0.2) is 11.6 Å². The summed E-state index contributed by atoms with van der Waals surface area (Å²) >= 11 is 0. The molecule has 0 bridgehead atoms. The van der Waals surface area contributed by atoms with Gasteiger partial charge in [0, 0.05) is 16.7 Å². The Morgan fingerprint density at radius 3 is 1.75 bits per heavy atom. The first-order valence-corrected chi connectivity index (χ1v) is 9.55. The van der Waals surface area contributed by atoms with Crippen LogP contribution in [0.25, 0.3) is 0 Å². The van der Waals surface area contributed by atoms with Crippen molar-refractivity contribution in [2.45, 2.75) is 9.79 Å². The molecule has 0 saturated heterocycles. The Balaban J connectivity index is 0.000000240. The molecule has 0 spiro atoms. The minimum atomic E-state index is -4.17. The SMILES string of the molecule is NS(=O)(=O)c1cccc(F)c1F.O=S(=O)(Cl)c1cc(F)cc(F)c1. The Labute approximate surface area is 139 Å². The van der Waals surface area contributed by atoms with Gasteiger partial charge in [-0.15, -0.1) is 0 Å². The molecular weight excluding hydrogens is 398 g/mol. The van der Waals surface area contributed by atoms with Crippen molar-refractivity contribution in [1.82, 2.24) is 0 Å². The molecule has 2 rings (SSSR count). The Morgan fingerprint density at radius 2 is 1.38 bits per heavy atom. The maximum atomic E-state index is 12.7. The summed E-state index contributed by atoms with van der Waals surface area (Å²) in [5.41, 5.74) is 0. The van der Waals surface area contributed by atoms with E-state index in [2.05, 4.69) is 5.14 Å². The Bertz CT molecular complexity index is 945. The molecule has 0 unspecified atom stereocenters. The normalized spacial score (nSPS) is 11.6. The lowest BCUT2D eigenvalue weighted by Gasteiger charge is -1.99. The number of halogens is 5. The molecule has 5 nitrogen and oxygen atoms in total. The lowest BCUT2D eigenvalue weighted by molar-refractivity contribution is 0.485. The van der Waals surface area contributed by atoms with Crippen LogP contribution in [0.2, 0.25) is 0 Å². The summed E-state index contributed by atoms with van der Waals surface area (Å²) in [7, 11) is -3.39. The van der Waals surface area contributed by atoms with Crippen molar-refractivity contribution in [2.24, 2.45) is 5.14 Å². The molecule has 0 radical (unpaired) electrons. The van der Waals surface area contributed by atoms with Crippen molar-refractivity contribution in [3.8, 4) is 0 Å². The van der Waals surface area contributed by atoms with Gasteiger partial charge >= 0.3 is 0 Å². The molecular formula is C12H8ClF4NO4S2. The number of primary sulfonamides is 1. The molecule has 0 atom stereocenters. The summed E-state index contributed by atoms with van der Waals surface area (Å²) in [4.78, 5) is -1.41. The number of benzene rings is 2. The third kappa shape index (κ3) is 5.74. The monoisotopic (exact) mass is 405 g/mol. The van der Waals surface area contributed by atoms with Gasteiger partial charge in [-0.2, -0.15) is 0 Å². The van der Waals surface area contributed by atoms with Crippen LogP contribution in [0, 0.1) is 23.3 Å². The predicted octanol–water partition coefficient (Wildman–Crippen LogP) is 2.50. The van der Waals surface area contributed by atoms with E-state index in [9.17, 15) is 34.4 Å². The molecule has 0 aromatic heterocycles. The fourth-order valence-corrected chi connectivity index (χ4v) is 2.76. The van der Waals surface area contributed by atoms with E-state index in [1.165, 1.54) is 0 Å². The van der Waals surface area contributed by atoms with Crippen LogP contribution in [0.4, 0.5) is 17.6 Å². The smallest absolute Gasteiger partial charge is 0.225 e. The van der Waals surface area contributed by atoms with Gasteiger partial charge in [0.2, 0.25) is 10.0 Å². The number of sulfonamides is 1. The molecule has 0 aliphatic heterocycles. The summed E-state index contributed by atoms with van der Waals surface area (Å²) in [6.07, 6.45) is 0. The third-order valence-corrected chi connectivity index (χ3v) is 4.60. The molecule has 0 aliphatic carbocycles. The molecule has 0 saturated carbocycles. The van der Waals surface area contributed by atoms with E-state index in [1.54, 1.807) is 0 Å². The second kappa shape index (κ2) is 7.47. The zero-order valence-corrected chi connectivity index (χ0v) is 13.8. The van der Waals surface area contributed by atoms with Crippen molar-refractivity contribution in [3.05, 3.63) is 59.7 Å². The summed E-state index contributed by atoms with van der Waals surface area (Å²) in [5, 5.41) is 4.59. The van der Waals surface area contributed by atoms with E-state index < -0.39 is 52.1 Å². The number of hydrogen-bond donors (Lipinski definition) is 1. The molecule has 2 N–H and O–H groups in total. The molecule has 24 heavy (non-hydrogen) atoms. The largest absolute Gasteiger partial charge is 0.261 e. The van der Waals surface area contributed by atoms with Crippen molar-refractivity contribution < 1.29 is 34.4 Å². The molecule has 0 aliphatic rings. The molecule has 0 heterocycles. The summed E-state index contributed by atoms with van der Waals surface area (Å²) < 4.78 is 92.2. The van der Waals surface area contributed by atoms with Crippen molar-refractivity contribution in [2.75, 3.05) is 0 Å². The maximum absolute atomic E-state index is 12.7. The Morgan fingerprint density at radius 1 is 0.875 bits per heavy atom. The van der Waals surface area contributed by atoms with Gasteiger partial charge in [-0.05, 0) is 24.3 Å². The van der Waals surface area contributed by atoms with Gasteiger partial charge in [0.25, 0.3) is 9.05 Å². The fourth-order valence-electron chi connectivity index (χ4n) is 1.37. The van der Waals surface area contributed by atoms with Gasteiger partial charge in [-0.1, -0.05) is 6.07 Å². The first-order valence-electron chi connectivity index (χ1n) is 5.70.